The van der Waals surface area contributed by atoms with Crippen molar-refractivity contribution in [2.45, 2.75) is 6.92 Å². The minimum absolute atomic E-state index is 0.0137. The molecule has 104 valence electrons. The highest BCUT2D eigenvalue weighted by Crippen LogP contribution is 2.09. The molecule has 3 N–H and O–H groups in total. The van der Waals surface area contributed by atoms with Gasteiger partial charge < -0.3 is 9.84 Å². The number of carboxylic acid groups (broad SMARTS) is 1. The van der Waals surface area contributed by atoms with Crippen LogP contribution < -0.4 is 9.44 Å². The van der Waals surface area contributed by atoms with Crippen molar-refractivity contribution < 1.29 is 27.9 Å². The first-order chi connectivity index (χ1) is 8.84. The largest absolute Gasteiger partial charge is 0.477 e. The third-order valence-corrected chi connectivity index (χ3v) is 2.66. The number of rotatable bonds is 5. The summed E-state index contributed by atoms with van der Waals surface area (Å²) in [5.74, 6) is -1.31. The van der Waals surface area contributed by atoms with Gasteiger partial charge in [-0.3, -0.25) is 4.72 Å². The molecule has 10 heteroatoms. The molecule has 0 spiro atoms. The summed E-state index contributed by atoms with van der Waals surface area (Å²) >= 11 is 0. The average Bonchev–Trinajstić information content (AvgIpc) is 2.27. The number of nitrogens with one attached hydrogen (secondary N) is 2. The third-order valence-electron chi connectivity index (χ3n) is 1.72. The van der Waals surface area contributed by atoms with Crippen LogP contribution in [0.3, 0.4) is 0 Å². The Bertz CT molecular complexity index is 585. The molecule has 1 aromatic rings. The normalized spacial score (nSPS) is 10.6. The molecular weight excluding hydrogens is 278 g/mol. The fourth-order valence-electron chi connectivity index (χ4n) is 1.06. The number of aromatic nitrogens is 1. The maximum atomic E-state index is 11.5. The summed E-state index contributed by atoms with van der Waals surface area (Å²) in [5.41, 5.74) is -0.388. The van der Waals surface area contributed by atoms with Crippen LogP contribution in [0, 0.1) is 0 Å². The standard InChI is InChI=1S/C9H11N3O6S/c1-2-18-9(15)12-19(16,17)11-6-3-4-10-7(5-6)8(13)14/h3-5H,2H2,1H3,(H,10,11)(H,12,15)(H,13,14). The highest BCUT2D eigenvalue weighted by atomic mass is 32.2. The van der Waals surface area contributed by atoms with Gasteiger partial charge in [0.05, 0.1) is 12.3 Å². The molecule has 19 heavy (non-hydrogen) atoms. The Balaban J connectivity index is 2.81. The first-order valence-corrected chi connectivity index (χ1v) is 6.49. The Morgan fingerprint density at radius 2 is 2.16 bits per heavy atom. The molecule has 0 bridgehead atoms. The zero-order valence-electron chi connectivity index (χ0n) is 9.78. The Labute approximate surface area is 108 Å². The second-order valence-electron chi connectivity index (χ2n) is 3.16. The molecular formula is C9H11N3O6S. The van der Waals surface area contributed by atoms with E-state index in [4.69, 9.17) is 5.11 Å². The Morgan fingerprint density at radius 1 is 1.47 bits per heavy atom. The Kier molecular flexibility index (Phi) is 4.64. The molecule has 0 fully saturated rings. The average molecular weight is 289 g/mol. The van der Waals surface area contributed by atoms with Gasteiger partial charge in [0, 0.05) is 6.20 Å². The van der Waals surface area contributed by atoms with Crippen LogP contribution in [0.25, 0.3) is 0 Å². The van der Waals surface area contributed by atoms with Crippen LogP contribution in [0.2, 0.25) is 0 Å². The fourth-order valence-corrected chi connectivity index (χ4v) is 1.83. The summed E-state index contributed by atoms with van der Waals surface area (Å²) in [6, 6.07) is 2.24. The molecule has 0 unspecified atom stereocenters. The van der Waals surface area contributed by atoms with E-state index in [-0.39, 0.29) is 18.0 Å². The zero-order valence-corrected chi connectivity index (χ0v) is 10.6. The molecule has 0 saturated heterocycles. The van der Waals surface area contributed by atoms with Crippen LogP contribution in [0.4, 0.5) is 10.5 Å². The number of anilines is 1. The van der Waals surface area contributed by atoms with E-state index in [1.54, 1.807) is 4.72 Å². The van der Waals surface area contributed by atoms with Gasteiger partial charge in [-0.05, 0) is 19.1 Å². The van der Waals surface area contributed by atoms with E-state index in [2.05, 4.69) is 9.72 Å². The second kappa shape index (κ2) is 6.00. The number of hydrogen-bond donors (Lipinski definition) is 3. The minimum Gasteiger partial charge on any atom is -0.477 e. The summed E-state index contributed by atoms with van der Waals surface area (Å²) in [6.07, 6.45) is -0.0198. The van der Waals surface area contributed by atoms with Crippen molar-refractivity contribution in [3.05, 3.63) is 24.0 Å². The first-order valence-electron chi connectivity index (χ1n) is 5.00. The van der Waals surface area contributed by atoms with Crippen LogP contribution in [0.1, 0.15) is 17.4 Å². The van der Waals surface area contributed by atoms with Crippen LogP contribution in [-0.4, -0.2) is 37.2 Å². The third kappa shape index (κ3) is 4.79. The van der Waals surface area contributed by atoms with E-state index < -0.39 is 22.3 Å². The van der Waals surface area contributed by atoms with Gasteiger partial charge in [-0.25, -0.2) is 19.3 Å². The molecule has 0 aliphatic heterocycles. The highest BCUT2D eigenvalue weighted by molar-refractivity contribution is 7.91. The molecule has 0 aliphatic carbocycles. The van der Waals surface area contributed by atoms with Gasteiger partial charge in [0.2, 0.25) is 0 Å². The van der Waals surface area contributed by atoms with Crippen molar-refractivity contribution in [2.24, 2.45) is 0 Å². The summed E-state index contributed by atoms with van der Waals surface area (Å²) in [7, 11) is -4.19. The summed E-state index contributed by atoms with van der Waals surface area (Å²) in [4.78, 5) is 25.1. The molecule has 1 heterocycles. The topological polar surface area (TPSA) is 135 Å². The molecule has 1 rings (SSSR count). The number of carboxylic acids is 1. The quantitative estimate of drug-likeness (QED) is 0.703. The number of aromatic carboxylic acids is 1. The van der Waals surface area contributed by atoms with Crippen molar-refractivity contribution in [1.82, 2.24) is 9.71 Å². The number of carbonyl (C=O) groups excluding carboxylic acids is 1. The van der Waals surface area contributed by atoms with Crippen molar-refractivity contribution in [2.75, 3.05) is 11.3 Å². The number of amides is 1. The van der Waals surface area contributed by atoms with Crippen LogP contribution in [0.5, 0.6) is 0 Å². The van der Waals surface area contributed by atoms with Gasteiger partial charge in [-0.15, -0.1) is 0 Å². The number of pyridine rings is 1. The second-order valence-corrected chi connectivity index (χ2v) is 4.58. The van der Waals surface area contributed by atoms with Gasteiger partial charge in [0.25, 0.3) is 0 Å². The van der Waals surface area contributed by atoms with E-state index in [9.17, 15) is 18.0 Å². The van der Waals surface area contributed by atoms with Crippen molar-refractivity contribution in [3.63, 3.8) is 0 Å². The fraction of sp³-hybridized carbons (Fsp3) is 0.222. The maximum absolute atomic E-state index is 11.5. The minimum atomic E-state index is -4.19. The number of carbonyl (C=O) groups is 2. The van der Waals surface area contributed by atoms with Gasteiger partial charge in [0.15, 0.2) is 0 Å². The van der Waals surface area contributed by atoms with E-state index in [0.29, 0.717) is 0 Å². The summed E-state index contributed by atoms with van der Waals surface area (Å²) in [5, 5.41) is 8.69. The molecule has 0 radical (unpaired) electrons. The summed E-state index contributed by atoms with van der Waals surface area (Å²) in [6.45, 7) is 1.53. The predicted octanol–water partition coefficient (Wildman–Crippen LogP) is 0.183. The van der Waals surface area contributed by atoms with Crippen molar-refractivity contribution in [1.29, 1.82) is 0 Å². The predicted molar refractivity (Wildman–Crippen MR) is 63.9 cm³/mol. The SMILES string of the molecule is CCOC(=O)NS(=O)(=O)Nc1ccnc(C(=O)O)c1. The van der Waals surface area contributed by atoms with E-state index in [0.717, 1.165) is 12.3 Å². The molecule has 9 nitrogen and oxygen atoms in total. The van der Waals surface area contributed by atoms with Gasteiger partial charge in [-0.2, -0.15) is 8.42 Å². The van der Waals surface area contributed by atoms with Crippen molar-refractivity contribution >= 4 is 28.0 Å². The molecule has 0 saturated carbocycles. The van der Waals surface area contributed by atoms with E-state index in [1.807, 2.05) is 4.72 Å². The lowest BCUT2D eigenvalue weighted by atomic mass is 10.3. The van der Waals surface area contributed by atoms with Crippen LogP contribution in [0.15, 0.2) is 18.3 Å². The van der Waals surface area contributed by atoms with Crippen LogP contribution in [-0.2, 0) is 14.9 Å². The smallest absolute Gasteiger partial charge is 0.422 e. The molecule has 1 aromatic heterocycles. The maximum Gasteiger partial charge on any atom is 0.422 e. The Morgan fingerprint density at radius 3 is 2.74 bits per heavy atom. The van der Waals surface area contributed by atoms with Crippen LogP contribution >= 0.6 is 0 Å². The molecule has 0 aromatic carbocycles. The monoisotopic (exact) mass is 289 g/mol. The lowest BCUT2D eigenvalue weighted by Crippen LogP contribution is -2.35. The first kappa shape index (κ1) is 14.7. The van der Waals surface area contributed by atoms with E-state index in [1.165, 1.54) is 13.0 Å². The van der Waals surface area contributed by atoms with E-state index >= 15 is 0 Å². The molecule has 0 aliphatic rings. The number of hydrogen-bond acceptors (Lipinski definition) is 6. The number of ether oxygens (including phenoxy) is 1. The van der Waals surface area contributed by atoms with Gasteiger partial charge in [-0.1, -0.05) is 0 Å². The van der Waals surface area contributed by atoms with Crippen molar-refractivity contribution in [3.8, 4) is 0 Å². The lowest BCUT2D eigenvalue weighted by Gasteiger charge is -2.09. The lowest BCUT2D eigenvalue weighted by molar-refractivity contribution is 0.0690. The zero-order chi connectivity index (χ0) is 14.5. The van der Waals surface area contributed by atoms with Gasteiger partial charge >= 0.3 is 22.3 Å². The molecule has 1 amide bonds. The summed E-state index contributed by atoms with van der Waals surface area (Å²) < 4.78 is 30.9. The van der Waals surface area contributed by atoms with Gasteiger partial charge in [0.1, 0.15) is 5.69 Å². The highest BCUT2D eigenvalue weighted by Gasteiger charge is 2.16. The number of nitrogens with zero attached hydrogens (tertiary/aromatic N) is 1. The molecule has 0 atom stereocenters. The Hall–Kier alpha value is -2.36.